The minimum atomic E-state index is -2.97. The predicted molar refractivity (Wildman–Crippen MR) is 247 cm³/mol. The zero-order valence-corrected chi connectivity index (χ0v) is 36.6. The molecule has 0 radical (unpaired) electrons. The van der Waals surface area contributed by atoms with Gasteiger partial charge in [-0.15, -0.1) is 0 Å². The third kappa shape index (κ3) is 10.5. The van der Waals surface area contributed by atoms with E-state index in [2.05, 4.69) is 47.3 Å². The van der Waals surface area contributed by atoms with Crippen LogP contribution < -0.4 is 31.2 Å². The molecule has 0 amide bonds. The number of imidazole rings is 2. The number of likely N-dealkylation sites (N-methyl/N-ethyl adjacent to an activating group) is 1. The number of hydrogen-bond donors (Lipinski definition) is 4. The van der Waals surface area contributed by atoms with E-state index in [1.807, 2.05) is 66.6 Å². The summed E-state index contributed by atoms with van der Waals surface area (Å²) in [6.07, 6.45) is 3.00. The second kappa shape index (κ2) is 18.8. The normalized spacial score (nSPS) is 13.4. The summed E-state index contributed by atoms with van der Waals surface area (Å²) in [6, 6.07) is 27.0. The number of pyridine rings is 2. The van der Waals surface area contributed by atoms with Crippen molar-refractivity contribution in [3.8, 4) is 23.0 Å². The number of fused-ring (bicyclic) bond motifs is 2. The molecule has 5 heterocycles. The van der Waals surface area contributed by atoms with E-state index in [-0.39, 0.29) is 22.5 Å². The van der Waals surface area contributed by atoms with E-state index in [0.717, 1.165) is 67.3 Å². The van der Waals surface area contributed by atoms with Crippen LogP contribution in [-0.4, -0.2) is 71.6 Å². The topological polar surface area (TPSA) is 150 Å². The van der Waals surface area contributed by atoms with Crippen LogP contribution >= 0.6 is 0 Å². The van der Waals surface area contributed by atoms with Crippen molar-refractivity contribution < 1.29 is 22.6 Å². The van der Waals surface area contributed by atoms with E-state index >= 15 is 0 Å². The fourth-order valence-electron chi connectivity index (χ4n) is 7.56. The maximum absolute atomic E-state index is 14.7. The number of aromatic amines is 2. The van der Waals surface area contributed by atoms with Crippen molar-refractivity contribution in [3.05, 3.63) is 153 Å². The van der Waals surface area contributed by atoms with Crippen molar-refractivity contribution >= 4 is 45.3 Å². The molecule has 0 unspecified atom stereocenters. The van der Waals surface area contributed by atoms with Gasteiger partial charge in [-0.2, -0.15) is 0 Å². The quantitative estimate of drug-likeness (QED) is 0.0935. The van der Waals surface area contributed by atoms with E-state index in [1.165, 1.54) is 36.7 Å². The van der Waals surface area contributed by atoms with Gasteiger partial charge in [-0.3, -0.25) is 14.5 Å². The van der Waals surface area contributed by atoms with Gasteiger partial charge in [-0.05, 0) is 85.3 Å². The van der Waals surface area contributed by atoms with Gasteiger partial charge in [-0.25, -0.2) is 23.1 Å². The number of aryl methyl sites for hydroxylation is 3. The molecule has 65 heavy (non-hydrogen) atoms. The lowest BCUT2D eigenvalue weighted by molar-refractivity contribution is 0.0155. The summed E-state index contributed by atoms with van der Waals surface area (Å²) in [5, 5.41) is 6.24. The number of nitrogens with one attached hydrogen (secondary N) is 4. The molecule has 4 aromatic heterocycles. The highest BCUT2D eigenvalue weighted by Gasteiger charge is 2.29. The lowest BCUT2D eigenvalue weighted by atomic mass is 10.0. The molecule has 9 rings (SSSR count). The van der Waals surface area contributed by atoms with Gasteiger partial charge >= 0.3 is 0 Å². The summed E-state index contributed by atoms with van der Waals surface area (Å²) in [6.45, 7) is 10.1. The second-order valence-corrected chi connectivity index (χ2v) is 16.0. The molecule has 336 valence electrons. The molecule has 1 aliphatic rings. The van der Waals surface area contributed by atoms with Crippen LogP contribution in [0.15, 0.2) is 119 Å². The number of aromatic nitrogens is 6. The van der Waals surface area contributed by atoms with Crippen LogP contribution in [0.25, 0.3) is 22.1 Å². The number of H-pyrrole nitrogens is 2. The fraction of sp³-hybridized carbons (Fsp3) is 0.250. The Labute approximate surface area is 372 Å². The average Bonchev–Trinajstić information content (AvgIpc) is 3.77. The van der Waals surface area contributed by atoms with Crippen LogP contribution in [0.1, 0.15) is 30.5 Å². The number of halogens is 3. The van der Waals surface area contributed by atoms with Crippen molar-refractivity contribution in [2.45, 2.75) is 33.2 Å². The molecule has 8 aromatic rings. The molecule has 0 aliphatic carbocycles. The molecule has 14 nitrogen and oxygen atoms in total. The van der Waals surface area contributed by atoms with Gasteiger partial charge in [0.2, 0.25) is 23.0 Å². The predicted octanol–water partition coefficient (Wildman–Crippen LogP) is 9.29. The largest absolute Gasteiger partial charge is 0.456 e. The second-order valence-electron chi connectivity index (χ2n) is 16.0. The first-order valence-corrected chi connectivity index (χ1v) is 21.1. The highest BCUT2D eigenvalue weighted by atomic mass is 19.3. The highest BCUT2D eigenvalue weighted by molar-refractivity contribution is 5.82. The number of benzene rings is 4. The first-order chi connectivity index (χ1) is 31.2. The first kappa shape index (κ1) is 44.2. The minimum absolute atomic E-state index is 0.0239. The van der Waals surface area contributed by atoms with E-state index in [4.69, 9.17) is 9.47 Å². The third-order valence-corrected chi connectivity index (χ3v) is 11.2. The highest BCUT2D eigenvalue weighted by Crippen LogP contribution is 2.35. The summed E-state index contributed by atoms with van der Waals surface area (Å²) >= 11 is 0. The Morgan fingerprint density at radius 1 is 0.677 bits per heavy atom. The van der Waals surface area contributed by atoms with Crippen molar-refractivity contribution in [2.75, 3.05) is 43.4 Å². The van der Waals surface area contributed by atoms with E-state index in [0.29, 0.717) is 58.4 Å². The van der Waals surface area contributed by atoms with Gasteiger partial charge in [-0.1, -0.05) is 19.1 Å². The van der Waals surface area contributed by atoms with Crippen molar-refractivity contribution in [1.82, 2.24) is 38.9 Å². The molecule has 0 bridgehead atoms. The fourth-order valence-corrected chi connectivity index (χ4v) is 7.56. The zero-order valence-electron chi connectivity index (χ0n) is 36.6. The zero-order chi connectivity index (χ0) is 45.8. The monoisotopic (exact) mass is 886 g/mol. The number of nitrogens with zero attached hydrogens (tertiary/aromatic N) is 6. The lowest BCUT2D eigenvalue weighted by Gasteiger charge is -2.34. The number of piperazine rings is 1. The van der Waals surface area contributed by atoms with Gasteiger partial charge < -0.3 is 44.1 Å². The maximum atomic E-state index is 14.7. The van der Waals surface area contributed by atoms with Gasteiger partial charge in [0.25, 0.3) is 5.92 Å². The third-order valence-electron chi connectivity index (χ3n) is 11.2. The maximum Gasteiger partial charge on any atom is 0.270 e. The lowest BCUT2D eigenvalue weighted by Crippen LogP contribution is -2.45. The van der Waals surface area contributed by atoms with Gasteiger partial charge in [0.05, 0.1) is 27.8 Å². The number of anilines is 4. The first-order valence-electron chi connectivity index (χ1n) is 21.1. The number of rotatable bonds is 12. The molecular formula is C48H49F3N10O4. The number of hydrogen-bond acceptors (Lipinski definition) is 10. The Hall–Kier alpha value is -7.37. The number of alkyl halides is 2. The molecule has 1 saturated heterocycles. The van der Waals surface area contributed by atoms with Crippen molar-refractivity contribution in [1.29, 1.82) is 0 Å². The van der Waals surface area contributed by atoms with Gasteiger partial charge in [0.1, 0.15) is 28.8 Å². The summed E-state index contributed by atoms with van der Waals surface area (Å²) in [5.41, 5.74) is 5.14. The molecule has 1 aliphatic heterocycles. The van der Waals surface area contributed by atoms with Crippen LogP contribution in [0, 0.1) is 12.7 Å². The minimum Gasteiger partial charge on any atom is -0.456 e. The van der Waals surface area contributed by atoms with E-state index in [9.17, 15) is 22.8 Å². The van der Waals surface area contributed by atoms with Gasteiger partial charge in [0, 0.05) is 102 Å². The van der Waals surface area contributed by atoms with Crippen LogP contribution in [0.2, 0.25) is 0 Å². The Balaban J connectivity index is 0.000000188. The average molecular weight is 887 g/mol. The van der Waals surface area contributed by atoms with Crippen LogP contribution in [0.5, 0.6) is 23.0 Å². The van der Waals surface area contributed by atoms with Crippen LogP contribution in [0.4, 0.5) is 36.4 Å². The molecule has 4 N–H and O–H groups in total. The van der Waals surface area contributed by atoms with Gasteiger partial charge in [0.15, 0.2) is 0 Å². The Morgan fingerprint density at radius 3 is 1.72 bits per heavy atom. The summed E-state index contributed by atoms with van der Waals surface area (Å²) in [5.74, 6) is -0.0469. The molecule has 0 saturated carbocycles. The summed E-state index contributed by atoms with van der Waals surface area (Å²) in [7, 11) is 3.69. The molecule has 4 aromatic carbocycles. The van der Waals surface area contributed by atoms with E-state index < -0.39 is 5.92 Å². The smallest absolute Gasteiger partial charge is 0.270 e. The van der Waals surface area contributed by atoms with E-state index in [1.54, 1.807) is 36.4 Å². The molecular weight excluding hydrogens is 838 g/mol. The van der Waals surface area contributed by atoms with Crippen molar-refractivity contribution in [2.24, 2.45) is 14.1 Å². The summed E-state index contributed by atoms with van der Waals surface area (Å²) in [4.78, 5) is 41.3. The molecule has 17 heteroatoms. The Kier molecular flexibility index (Phi) is 12.8. The van der Waals surface area contributed by atoms with Crippen LogP contribution in [0.3, 0.4) is 0 Å². The molecule has 0 spiro atoms. The Morgan fingerprint density at radius 2 is 1.22 bits per heavy atom. The SMILES string of the molecule is CCN1CCN(Cc2ccc(Nc3nc4ccc(Oc5ccc(=O)[nH]c5)cc4n3C)cc2C(C)(F)F)CC1.Cc1ccc(Nc2nc3ccc(Oc4ccc(=O)[nH]c4)cc3n2C)c(F)c1. The van der Waals surface area contributed by atoms with Crippen molar-refractivity contribution in [3.63, 3.8) is 0 Å². The Bertz CT molecular complexity index is 3050. The molecule has 0 atom stereocenters. The molecule has 1 fully saturated rings. The number of ether oxygens (including phenoxy) is 2. The summed E-state index contributed by atoms with van der Waals surface area (Å²) < 4.78 is 58.8. The van der Waals surface area contributed by atoms with Crippen LogP contribution in [-0.2, 0) is 26.6 Å². The standard InChI is InChI=1S/C28H32F2N6O2.C20H17FN4O2/c1-4-35-11-13-36(14-12-35)18-19-5-6-20(15-23(19)28(2,29)30)32-27-33-24-9-7-21(16-25(24)34(27)3)38-22-8-10-26(37)31-17-22;1-12-3-6-16(15(21)9-12)23-20-24-17-7-4-13(10-18(17)25(20)2)27-14-5-8-19(26)22-11-14/h5-10,15-17H,4,11-14,18H2,1-3H3,(H,31,37)(H,32,33);3-11H,1-2H3,(H,22,26)(H,23,24).